The molecule has 7 heteroatoms. The average molecular weight is 365 g/mol. The summed E-state index contributed by atoms with van der Waals surface area (Å²) in [6, 6.07) is 14.3. The molecule has 2 N–H and O–H groups in total. The molecule has 1 aliphatic rings. The van der Waals surface area contributed by atoms with Crippen molar-refractivity contribution in [3.05, 3.63) is 54.3 Å². The van der Waals surface area contributed by atoms with Crippen LogP contribution in [0.3, 0.4) is 0 Å². The third-order valence-electron chi connectivity index (χ3n) is 4.62. The second kappa shape index (κ2) is 6.68. The van der Waals surface area contributed by atoms with Crippen LogP contribution >= 0.6 is 0 Å². The van der Waals surface area contributed by atoms with Gasteiger partial charge in [0.2, 0.25) is 0 Å². The van der Waals surface area contributed by atoms with Crippen LogP contribution in [0, 0.1) is 0 Å². The van der Waals surface area contributed by atoms with E-state index in [0.29, 0.717) is 22.9 Å². The number of amides is 3. The fourth-order valence-corrected chi connectivity index (χ4v) is 2.94. The van der Waals surface area contributed by atoms with Gasteiger partial charge in [0, 0.05) is 24.2 Å². The zero-order valence-corrected chi connectivity index (χ0v) is 15.0. The first kappa shape index (κ1) is 17.0. The third-order valence-corrected chi connectivity index (χ3v) is 4.62. The molecule has 138 valence electrons. The summed E-state index contributed by atoms with van der Waals surface area (Å²) in [5.74, 6) is 1.05. The van der Waals surface area contributed by atoms with E-state index in [1.165, 1.54) is 0 Å². The molecule has 1 atom stereocenters. The first-order valence-corrected chi connectivity index (χ1v) is 8.60. The number of para-hydroxylation sites is 1. The molecule has 0 radical (unpaired) electrons. The van der Waals surface area contributed by atoms with Crippen molar-refractivity contribution in [1.82, 2.24) is 4.90 Å². The molecule has 7 nitrogen and oxygen atoms in total. The summed E-state index contributed by atoms with van der Waals surface area (Å²) in [5, 5.41) is 6.56. The SMILES string of the molecule is CC(c1cc2ccccc2o1)N(C)C(=O)Nc1ccc2c(c1)OCC(=O)N2. The van der Waals surface area contributed by atoms with Gasteiger partial charge < -0.3 is 24.7 Å². The lowest BCUT2D eigenvalue weighted by atomic mass is 10.2. The van der Waals surface area contributed by atoms with Crippen molar-refractivity contribution < 1.29 is 18.7 Å². The molecular formula is C20H19N3O4. The summed E-state index contributed by atoms with van der Waals surface area (Å²) in [6.45, 7) is 1.87. The number of urea groups is 1. The average Bonchev–Trinajstić information content (AvgIpc) is 3.11. The molecular weight excluding hydrogens is 346 g/mol. The molecule has 0 saturated heterocycles. The molecule has 1 aliphatic heterocycles. The van der Waals surface area contributed by atoms with Crippen LogP contribution in [0.15, 0.2) is 52.9 Å². The first-order valence-electron chi connectivity index (χ1n) is 8.60. The number of anilines is 2. The van der Waals surface area contributed by atoms with Crippen LogP contribution in [0.5, 0.6) is 5.75 Å². The van der Waals surface area contributed by atoms with E-state index in [0.717, 1.165) is 11.0 Å². The zero-order valence-electron chi connectivity index (χ0n) is 15.0. The van der Waals surface area contributed by atoms with Crippen molar-refractivity contribution in [2.24, 2.45) is 0 Å². The van der Waals surface area contributed by atoms with Gasteiger partial charge in [-0.1, -0.05) is 18.2 Å². The molecule has 2 heterocycles. The van der Waals surface area contributed by atoms with Crippen LogP contribution < -0.4 is 15.4 Å². The monoisotopic (exact) mass is 365 g/mol. The van der Waals surface area contributed by atoms with Crippen LogP contribution in [0.2, 0.25) is 0 Å². The Kier molecular flexibility index (Phi) is 4.19. The molecule has 3 amide bonds. The minimum atomic E-state index is -0.275. The van der Waals surface area contributed by atoms with E-state index in [2.05, 4.69) is 10.6 Å². The predicted octanol–water partition coefficient (Wildman–Crippen LogP) is 3.99. The van der Waals surface area contributed by atoms with E-state index in [4.69, 9.17) is 9.15 Å². The molecule has 0 aliphatic carbocycles. The summed E-state index contributed by atoms with van der Waals surface area (Å²) in [7, 11) is 1.71. The number of nitrogens with zero attached hydrogens (tertiary/aromatic N) is 1. The van der Waals surface area contributed by atoms with Crippen molar-refractivity contribution in [3.8, 4) is 5.75 Å². The maximum absolute atomic E-state index is 12.6. The Balaban J connectivity index is 1.48. The highest BCUT2D eigenvalue weighted by Gasteiger charge is 2.22. The lowest BCUT2D eigenvalue weighted by Gasteiger charge is -2.24. The van der Waals surface area contributed by atoms with Crippen molar-refractivity contribution in [2.45, 2.75) is 13.0 Å². The minimum absolute atomic E-state index is 0.0343. The van der Waals surface area contributed by atoms with Crippen LogP contribution in [-0.2, 0) is 4.79 Å². The van der Waals surface area contributed by atoms with Crippen LogP contribution in [-0.4, -0.2) is 30.5 Å². The zero-order chi connectivity index (χ0) is 19.0. The van der Waals surface area contributed by atoms with Gasteiger partial charge >= 0.3 is 6.03 Å². The number of carbonyl (C=O) groups excluding carboxylic acids is 2. The molecule has 0 saturated carbocycles. The standard InChI is InChI=1S/C20H19N3O4/c1-12(17-9-13-5-3-4-6-16(13)27-17)23(2)20(25)21-14-7-8-15-18(10-14)26-11-19(24)22-15/h3-10,12H,11H2,1-2H3,(H,21,25)(H,22,24). The molecule has 0 fully saturated rings. The predicted molar refractivity (Wildman–Crippen MR) is 102 cm³/mol. The Bertz CT molecular complexity index is 994. The Morgan fingerprint density at radius 2 is 2.04 bits per heavy atom. The Labute approximate surface area is 155 Å². The van der Waals surface area contributed by atoms with Gasteiger partial charge in [-0.15, -0.1) is 0 Å². The van der Waals surface area contributed by atoms with Crippen molar-refractivity contribution in [1.29, 1.82) is 0 Å². The van der Waals surface area contributed by atoms with Crippen LogP contribution in [0.1, 0.15) is 18.7 Å². The van der Waals surface area contributed by atoms with Gasteiger partial charge in [0.15, 0.2) is 6.61 Å². The number of hydrogen-bond acceptors (Lipinski definition) is 4. The molecule has 0 spiro atoms. The van der Waals surface area contributed by atoms with Gasteiger partial charge in [0.25, 0.3) is 5.91 Å². The topological polar surface area (TPSA) is 83.8 Å². The number of rotatable bonds is 3. The Hall–Kier alpha value is -3.48. The number of ether oxygens (including phenoxy) is 1. The number of carbonyl (C=O) groups is 2. The highest BCUT2D eigenvalue weighted by Crippen LogP contribution is 2.31. The highest BCUT2D eigenvalue weighted by atomic mass is 16.5. The van der Waals surface area contributed by atoms with E-state index < -0.39 is 0 Å². The first-order chi connectivity index (χ1) is 13.0. The van der Waals surface area contributed by atoms with E-state index in [1.54, 1.807) is 30.1 Å². The van der Waals surface area contributed by atoms with E-state index in [-0.39, 0.29) is 24.6 Å². The van der Waals surface area contributed by atoms with Crippen molar-refractivity contribution in [3.63, 3.8) is 0 Å². The normalized spacial score (nSPS) is 14.1. The molecule has 2 aromatic carbocycles. The third kappa shape index (κ3) is 3.31. The lowest BCUT2D eigenvalue weighted by Crippen LogP contribution is -2.33. The van der Waals surface area contributed by atoms with Gasteiger partial charge in [0.05, 0.1) is 11.7 Å². The summed E-state index contributed by atoms with van der Waals surface area (Å²) in [5.41, 5.74) is 1.97. The van der Waals surface area contributed by atoms with Crippen molar-refractivity contribution in [2.75, 3.05) is 24.3 Å². The maximum Gasteiger partial charge on any atom is 0.322 e. The van der Waals surface area contributed by atoms with Gasteiger partial charge in [-0.2, -0.15) is 0 Å². The number of fused-ring (bicyclic) bond motifs is 2. The summed E-state index contributed by atoms with van der Waals surface area (Å²) < 4.78 is 11.2. The maximum atomic E-state index is 12.6. The second-order valence-electron chi connectivity index (χ2n) is 6.45. The Morgan fingerprint density at radius 1 is 1.22 bits per heavy atom. The summed E-state index contributed by atoms with van der Waals surface area (Å²) in [6.07, 6.45) is 0. The number of nitrogens with one attached hydrogen (secondary N) is 2. The van der Waals surface area contributed by atoms with Crippen LogP contribution in [0.4, 0.5) is 16.2 Å². The fourth-order valence-electron chi connectivity index (χ4n) is 2.94. The molecule has 1 aromatic heterocycles. The number of hydrogen-bond donors (Lipinski definition) is 2. The van der Waals surface area contributed by atoms with Gasteiger partial charge in [-0.05, 0) is 31.2 Å². The number of furan rings is 1. The molecule has 1 unspecified atom stereocenters. The van der Waals surface area contributed by atoms with E-state index >= 15 is 0 Å². The number of benzene rings is 2. The van der Waals surface area contributed by atoms with Gasteiger partial charge in [-0.3, -0.25) is 4.79 Å². The fraction of sp³-hybridized carbons (Fsp3) is 0.200. The Morgan fingerprint density at radius 3 is 2.85 bits per heavy atom. The van der Waals surface area contributed by atoms with E-state index in [1.807, 2.05) is 37.3 Å². The molecule has 3 aromatic rings. The van der Waals surface area contributed by atoms with Crippen molar-refractivity contribution >= 4 is 34.3 Å². The molecule has 27 heavy (non-hydrogen) atoms. The lowest BCUT2D eigenvalue weighted by molar-refractivity contribution is -0.118. The van der Waals surface area contributed by atoms with E-state index in [9.17, 15) is 9.59 Å². The smallest absolute Gasteiger partial charge is 0.322 e. The summed E-state index contributed by atoms with van der Waals surface area (Å²) in [4.78, 5) is 25.5. The minimum Gasteiger partial charge on any atom is -0.482 e. The molecule has 4 rings (SSSR count). The van der Waals surface area contributed by atoms with Crippen LogP contribution in [0.25, 0.3) is 11.0 Å². The van der Waals surface area contributed by atoms with Gasteiger partial charge in [0.1, 0.15) is 17.1 Å². The van der Waals surface area contributed by atoms with Gasteiger partial charge in [-0.25, -0.2) is 4.79 Å². The molecule has 0 bridgehead atoms. The summed E-state index contributed by atoms with van der Waals surface area (Å²) >= 11 is 0. The second-order valence-corrected chi connectivity index (χ2v) is 6.45. The quantitative estimate of drug-likeness (QED) is 0.735. The highest BCUT2D eigenvalue weighted by molar-refractivity contribution is 5.96. The largest absolute Gasteiger partial charge is 0.482 e.